The lowest BCUT2D eigenvalue weighted by Gasteiger charge is -2.17. The lowest BCUT2D eigenvalue weighted by Crippen LogP contribution is -2.22. The van der Waals surface area contributed by atoms with E-state index in [2.05, 4.69) is 5.32 Å². The number of para-hydroxylation sites is 2. The summed E-state index contributed by atoms with van der Waals surface area (Å²) in [7, 11) is 3.01. The first kappa shape index (κ1) is 16.6. The van der Waals surface area contributed by atoms with Gasteiger partial charge in [0.1, 0.15) is 5.75 Å². The lowest BCUT2D eigenvalue weighted by molar-refractivity contribution is -0.140. The molecule has 0 heterocycles. The van der Waals surface area contributed by atoms with E-state index in [-0.39, 0.29) is 18.4 Å². The van der Waals surface area contributed by atoms with E-state index in [1.807, 2.05) is 66.7 Å². The summed E-state index contributed by atoms with van der Waals surface area (Å²) >= 11 is 0. The summed E-state index contributed by atoms with van der Waals surface area (Å²) < 4.78 is 10.1. The average Bonchev–Trinajstić information content (AvgIpc) is 2.60. The molecular weight excluding hydrogens is 290 g/mol. The summed E-state index contributed by atoms with van der Waals surface area (Å²) in [6.45, 7) is 0. The maximum absolute atomic E-state index is 11.7. The van der Waals surface area contributed by atoms with Crippen molar-refractivity contribution >= 4 is 17.7 Å². The number of benzene rings is 2. The Hall–Kier alpha value is -2.75. The highest BCUT2D eigenvalue weighted by Crippen LogP contribution is 2.24. The smallest absolute Gasteiger partial charge is 0.307 e. The maximum Gasteiger partial charge on any atom is 0.307 e. The van der Waals surface area contributed by atoms with E-state index in [1.54, 1.807) is 7.11 Å². The van der Waals surface area contributed by atoms with Crippen molar-refractivity contribution in [3.63, 3.8) is 0 Å². The number of ether oxygens (including phenoxy) is 2. The SMILES string of the molecule is COC(=O)CC(/C=C/c1ccccc1)Nc1ccccc1OC. The molecule has 0 fully saturated rings. The zero-order valence-electron chi connectivity index (χ0n) is 13.4. The van der Waals surface area contributed by atoms with Crippen LogP contribution in [0.1, 0.15) is 12.0 Å². The van der Waals surface area contributed by atoms with Gasteiger partial charge in [-0.3, -0.25) is 4.79 Å². The van der Waals surface area contributed by atoms with Gasteiger partial charge in [-0.1, -0.05) is 54.6 Å². The zero-order valence-corrected chi connectivity index (χ0v) is 13.4. The Labute approximate surface area is 136 Å². The Balaban J connectivity index is 2.16. The number of methoxy groups -OCH3 is 2. The Morgan fingerprint density at radius 3 is 2.48 bits per heavy atom. The van der Waals surface area contributed by atoms with Crippen LogP contribution in [0.15, 0.2) is 60.7 Å². The fourth-order valence-corrected chi connectivity index (χ4v) is 2.19. The summed E-state index contributed by atoms with van der Waals surface area (Å²) in [5, 5.41) is 3.32. The third kappa shape index (κ3) is 5.18. The fraction of sp³-hybridized carbons (Fsp3) is 0.211. The standard InChI is InChI=1S/C19H21NO3/c1-22-18-11-7-6-10-17(18)20-16(14-19(21)23-2)13-12-15-8-4-3-5-9-15/h3-13,16,20H,14H2,1-2H3/b13-12+. The van der Waals surface area contributed by atoms with Gasteiger partial charge < -0.3 is 14.8 Å². The number of anilines is 1. The van der Waals surface area contributed by atoms with E-state index in [0.717, 1.165) is 17.0 Å². The van der Waals surface area contributed by atoms with Gasteiger partial charge in [-0.05, 0) is 17.7 Å². The normalized spacial score (nSPS) is 11.9. The van der Waals surface area contributed by atoms with Gasteiger partial charge in [0.15, 0.2) is 0 Å². The first-order chi connectivity index (χ1) is 11.2. The van der Waals surface area contributed by atoms with Crippen LogP contribution in [0.3, 0.4) is 0 Å². The third-order valence-electron chi connectivity index (χ3n) is 3.38. The van der Waals surface area contributed by atoms with Crippen molar-refractivity contribution in [2.75, 3.05) is 19.5 Å². The first-order valence-electron chi connectivity index (χ1n) is 7.42. The molecular formula is C19H21NO3. The van der Waals surface area contributed by atoms with Crippen molar-refractivity contribution < 1.29 is 14.3 Å². The minimum atomic E-state index is -0.268. The monoisotopic (exact) mass is 311 g/mol. The second-order valence-corrected chi connectivity index (χ2v) is 5.00. The molecule has 1 unspecified atom stereocenters. The second-order valence-electron chi connectivity index (χ2n) is 5.00. The summed E-state index contributed by atoms with van der Waals surface area (Å²) in [5.74, 6) is 0.464. The molecule has 0 amide bonds. The van der Waals surface area contributed by atoms with Crippen LogP contribution in [-0.2, 0) is 9.53 Å². The van der Waals surface area contributed by atoms with Crippen LogP contribution in [0.4, 0.5) is 5.69 Å². The van der Waals surface area contributed by atoms with Gasteiger partial charge in [0, 0.05) is 0 Å². The molecule has 0 saturated carbocycles. The summed E-state index contributed by atoms with van der Waals surface area (Å²) in [6.07, 6.45) is 4.17. The molecule has 4 nitrogen and oxygen atoms in total. The van der Waals surface area contributed by atoms with Crippen molar-refractivity contribution in [2.24, 2.45) is 0 Å². The molecule has 0 aliphatic carbocycles. The molecule has 2 aromatic rings. The van der Waals surface area contributed by atoms with Crippen LogP contribution in [0.25, 0.3) is 6.08 Å². The van der Waals surface area contributed by atoms with E-state index in [1.165, 1.54) is 7.11 Å². The van der Waals surface area contributed by atoms with Gasteiger partial charge >= 0.3 is 5.97 Å². The molecule has 0 aliphatic rings. The average molecular weight is 311 g/mol. The third-order valence-corrected chi connectivity index (χ3v) is 3.38. The number of nitrogens with one attached hydrogen (secondary N) is 1. The second kappa shape index (κ2) is 8.63. The zero-order chi connectivity index (χ0) is 16.5. The van der Waals surface area contributed by atoms with E-state index in [9.17, 15) is 4.79 Å². The van der Waals surface area contributed by atoms with Crippen LogP contribution in [0.2, 0.25) is 0 Å². The minimum absolute atomic E-state index is 0.195. The van der Waals surface area contributed by atoms with Gasteiger partial charge in [-0.25, -0.2) is 0 Å². The number of hydrogen-bond donors (Lipinski definition) is 1. The molecule has 0 radical (unpaired) electrons. The van der Waals surface area contributed by atoms with Gasteiger partial charge in [0.2, 0.25) is 0 Å². The van der Waals surface area contributed by atoms with E-state index < -0.39 is 0 Å². The van der Waals surface area contributed by atoms with Crippen LogP contribution < -0.4 is 10.1 Å². The number of carbonyl (C=O) groups excluding carboxylic acids is 1. The summed E-state index contributed by atoms with van der Waals surface area (Å²) in [6, 6.07) is 17.3. The van der Waals surface area contributed by atoms with Crippen molar-refractivity contribution in [2.45, 2.75) is 12.5 Å². The topological polar surface area (TPSA) is 47.6 Å². The minimum Gasteiger partial charge on any atom is -0.495 e. The highest BCUT2D eigenvalue weighted by atomic mass is 16.5. The molecule has 2 aromatic carbocycles. The van der Waals surface area contributed by atoms with Crippen LogP contribution >= 0.6 is 0 Å². The van der Waals surface area contributed by atoms with Crippen molar-refractivity contribution in [1.82, 2.24) is 0 Å². The summed E-state index contributed by atoms with van der Waals surface area (Å²) in [4.78, 5) is 11.7. The van der Waals surface area contributed by atoms with Gasteiger partial charge in [-0.2, -0.15) is 0 Å². The first-order valence-corrected chi connectivity index (χ1v) is 7.42. The van der Waals surface area contributed by atoms with Crippen molar-refractivity contribution in [1.29, 1.82) is 0 Å². The Bertz CT molecular complexity index is 653. The van der Waals surface area contributed by atoms with Crippen molar-refractivity contribution in [3.05, 3.63) is 66.2 Å². The fourth-order valence-electron chi connectivity index (χ4n) is 2.19. The molecule has 4 heteroatoms. The molecule has 0 aliphatic heterocycles. The largest absolute Gasteiger partial charge is 0.495 e. The molecule has 0 spiro atoms. The number of rotatable bonds is 7. The van der Waals surface area contributed by atoms with Gasteiger partial charge in [0.25, 0.3) is 0 Å². The van der Waals surface area contributed by atoms with Gasteiger partial charge in [-0.15, -0.1) is 0 Å². The predicted octanol–water partition coefficient (Wildman–Crippen LogP) is 3.75. The van der Waals surface area contributed by atoms with Crippen LogP contribution in [-0.4, -0.2) is 26.2 Å². The Kier molecular flexibility index (Phi) is 6.24. The van der Waals surface area contributed by atoms with E-state index >= 15 is 0 Å². The van der Waals surface area contributed by atoms with Crippen LogP contribution in [0, 0.1) is 0 Å². The molecule has 1 N–H and O–H groups in total. The Morgan fingerprint density at radius 2 is 1.78 bits per heavy atom. The predicted molar refractivity (Wildman–Crippen MR) is 92.5 cm³/mol. The number of carbonyl (C=O) groups is 1. The molecule has 0 saturated heterocycles. The molecule has 120 valence electrons. The summed E-state index contributed by atoms with van der Waals surface area (Å²) in [5.41, 5.74) is 1.91. The molecule has 0 bridgehead atoms. The number of hydrogen-bond acceptors (Lipinski definition) is 4. The van der Waals surface area contributed by atoms with Crippen molar-refractivity contribution in [3.8, 4) is 5.75 Å². The molecule has 2 rings (SSSR count). The highest BCUT2D eigenvalue weighted by Gasteiger charge is 2.13. The number of esters is 1. The van der Waals surface area contributed by atoms with E-state index in [4.69, 9.17) is 9.47 Å². The van der Waals surface area contributed by atoms with E-state index in [0.29, 0.717) is 0 Å². The molecule has 0 aromatic heterocycles. The quantitative estimate of drug-likeness (QED) is 0.791. The molecule has 23 heavy (non-hydrogen) atoms. The molecule has 1 atom stereocenters. The maximum atomic E-state index is 11.7. The van der Waals surface area contributed by atoms with Gasteiger partial charge in [0.05, 0.1) is 32.4 Å². The van der Waals surface area contributed by atoms with Crippen LogP contribution in [0.5, 0.6) is 5.75 Å². The lowest BCUT2D eigenvalue weighted by atomic mass is 10.1. The highest BCUT2D eigenvalue weighted by molar-refractivity contribution is 5.72. The Morgan fingerprint density at radius 1 is 1.09 bits per heavy atom.